The minimum Gasteiger partial charge on any atom is -0.402 e. The first-order valence-corrected chi connectivity index (χ1v) is 7.64. The Morgan fingerprint density at radius 1 is 0.905 bits per heavy atom. The summed E-state index contributed by atoms with van der Waals surface area (Å²) in [6.45, 7) is 0. The van der Waals surface area contributed by atoms with E-state index in [4.69, 9.17) is 5.73 Å². The number of allylic oxidation sites excluding steroid dienone is 8. The summed E-state index contributed by atoms with van der Waals surface area (Å²) in [6, 6.07) is 8.71. The molecular weight excluding hydrogens is 254 g/mol. The highest BCUT2D eigenvalue weighted by molar-refractivity contribution is 5.65. The van der Waals surface area contributed by atoms with Crippen molar-refractivity contribution in [1.82, 2.24) is 0 Å². The molecule has 0 amide bonds. The van der Waals surface area contributed by atoms with Crippen LogP contribution in [0.25, 0.3) is 6.08 Å². The van der Waals surface area contributed by atoms with E-state index >= 15 is 0 Å². The molecule has 2 atom stereocenters. The quantitative estimate of drug-likeness (QED) is 0.817. The maximum Gasteiger partial charge on any atom is 0.0271 e. The van der Waals surface area contributed by atoms with Crippen molar-refractivity contribution in [2.24, 2.45) is 17.6 Å². The average molecular weight is 273 g/mol. The van der Waals surface area contributed by atoms with Gasteiger partial charge < -0.3 is 5.73 Å². The van der Waals surface area contributed by atoms with Gasteiger partial charge in [-0.2, -0.15) is 0 Å². The molecule has 2 unspecified atom stereocenters. The van der Waals surface area contributed by atoms with Crippen LogP contribution >= 0.6 is 0 Å². The zero-order valence-electron chi connectivity index (χ0n) is 12.0. The van der Waals surface area contributed by atoms with Crippen LogP contribution in [0.15, 0.2) is 77.6 Å². The molecule has 3 aliphatic carbocycles. The van der Waals surface area contributed by atoms with Crippen molar-refractivity contribution in [1.29, 1.82) is 0 Å². The first-order chi connectivity index (χ1) is 10.3. The Labute approximate surface area is 125 Å². The van der Waals surface area contributed by atoms with Gasteiger partial charge in [0.25, 0.3) is 0 Å². The van der Waals surface area contributed by atoms with Gasteiger partial charge in [0.05, 0.1) is 0 Å². The van der Waals surface area contributed by atoms with Crippen LogP contribution in [-0.4, -0.2) is 0 Å². The Morgan fingerprint density at radius 3 is 2.62 bits per heavy atom. The Bertz CT molecular complexity index is 728. The highest BCUT2D eigenvalue weighted by Crippen LogP contribution is 2.40. The summed E-state index contributed by atoms with van der Waals surface area (Å²) in [5, 5.41) is 0. The highest BCUT2D eigenvalue weighted by Gasteiger charge is 2.29. The van der Waals surface area contributed by atoms with Crippen molar-refractivity contribution in [2.75, 3.05) is 0 Å². The van der Waals surface area contributed by atoms with E-state index in [1.807, 2.05) is 0 Å². The lowest BCUT2D eigenvalue weighted by molar-refractivity contribution is 0.586. The number of aryl methyl sites for hydroxylation is 1. The van der Waals surface area contributed by atoms with Crippen LogP contribution in [0, 0.1) is 11.8 Å². The second kappa shape index (κ2) is 4.92. The summed E-state index contributed by atoms with van der Waals surface area (Å²) < 4.78 is 0. The molecule has 0 radical (unpaired) electrons. The third-order valence-electron chi connectivity index (χ3n) is 4.75. The molecule has 1 aromatic carbocycles. The van der Waals surface area contributed by atoms with Crippen molar-refractivity contribution in [3.8, 4) is 0 Å². The van der Waals surface area contributed by atoms with E-state index < -0.39 is 0 Å². The molecule has 0 spiro atoms. The molecule has 0 saturated carbocycles. The standard InChI is InChI=1S/C20H19N/c21-20-12-11-17(18-7-3-4-8-19(18)20)16-10-9-14-5-1-2-6-15(14)13-16/h1-8,11-13,18-19H,9-10,21H2. The Morgan fingerprint density at radius 2 is 1.71 bits per heavy atom. The highest BCUT2D eigenvalue weighted by atomic mass is 14.6. The molecular formula is C20H19N. The van der Waals surface area contributed by atoms with Gasteiger partial charge in [-0.1, -0.05) is 60.7 Å². The molecule has 0 bridgehead atoms. The maximum absolute atomic E-state index is 6.17. The molecule has 1 heteroatoms. The number of nitrogens with two attached hydrogens (primary N) is 1. The van der Waals surface area contributed by atoms with Crippen molar-refractivity contribution in [3.05, 3.63) is 88.7 Å². The molecule has 0 saturated heterocycles. The molecule has 0 fully saturated rings. The minimum atomic E-state index is 0.327. The van der Waals surface area contributed by atoms with Gasteiger partial charge in [-0.05, 0) is 41.2 Å². The number of fused-ring (bicyclic) bond motifs is 2. The number of hydrogen-bond acceptors (Lipinski definition) is 1. The summed E-state index contributed by atoms with van der Waals surface area (Å²) in [4.78, 5) is 0. The zero-order valence-corrected chi connectivity index (χ0v) is 12.0. The number of hydrogen-bond donors (Lipinski definition) is 1. The third-order valence-corrected chi connectivity index (χ3v) is 4.75. The molecule has 3 aliphatic rings. The zero-order chi connectivity index (χ0) is 14.2. The number of rotatable bonds is 1. The fourth-order valence-electron chi connectivity index (χ4n) is 3.61. The van der Waals surface area contributed by atoms with Crippen molar-refractivity contribution in [2.45, 2.75) is 12.8 Å². The van der Waals surface area contributed by atoms with Gasteiger partial charge in [0.1, 0.15) is 0 Å². The van der Waals surface area contributed by atoms with Crippen molar-refractivity contribution < 1.29 is 0 Å². The minimum absolute atomic E-state index is 0.327. The molecule has 1 aromatic rings. The predicted molar refractivity (Wildman–Crippen MR) is 88.4 cm³/mol. The van der Waals surface area contributed by atoms with Gasteiger partial charge in [-0.15, -0.1) is 0 Å². The normalized spacial score (nSPS) is 26.4. The lowest BCUT2D eigenvalue weighted by Crippen LogP contribution is -2.25. The van der Waals surface area contributed by atoms with E-state index in [2.05, 4.69) is 66.8 Å². The molecule has 2 N–H and O–H groups in total. The topological polar surface area (TPSA) is 26.0 Å². The fraction of sp³-hybridized carbons (Fsp3) is 0.200. The Kier molecular flexibility index (Phi) is 2.92. The smallest absolute Gasteiger partial charge is 0.0271 e. The van der Waals surface area contributed by atoms with E-state index in [1.165, 1.54) is 22.3 Å². The van der Waals surface area contributed by atoms with Gasteiger partial charge in [0.15, 0.2) is 0 Å². The summed E-state index contributed by atoms with van der Waals surface area (Å²) in [7, 11) is 0. The van der Waals surface area contributed by atoms with Gasteiger partial charge in [-0.3, -0.25) is 0 Å². The van der Waals surface area contributed by atoms with Gasteiger partial charge in [0, 0.05) is 17.5 Å². The van der Waals surface area contributed by atoms with Crippen LogP contribution in [0.5, 0.6) is 0 Å². The lowest BCUT2D eigenvalue weighted by atomic mass is 9.73. The molecule has 0 heterocycles. The summed E-state index contributed by atoms with van der Waals surface area (Å²) >= 11 is 0. The van der Waals surface area contributed by atoms with Gasteiger partial charge in [0.2, 0.25) is 0 Å². The fourth-order valence-corrected chi connectivity index (χ4v) is 3.61. The summed E-state index contributed by atoms with van der Waals surface area (Å²) in [5.74, 6) is 0.726. The first-order valence-electron chi connectivity index (χ1n) is 7.64. The molecule has 0 aliphatic heterocycles. The largest absolute Gasteiger partial charge is 0.402 e. The monoisotopic (exact) mass is 273 g/mol. The molecule has 4 rings (SSSR count). The molecule has 21 heavy (non-hydrogen) atoms. The van der Waals surface area contributed by atoms with E-state index in [9.17, 15) is 0 Å². The molecule has 0 aromatic heterocycles. The average Bonchev–Trinajstić information content (AvgIpc) is 2.55. The molecule has 104 valence electrons. The Balaban J connectivity index is 1.76. The predicted octanol–water partition coefficient (Wildman–Crippen LogP) is 4.16. The van der Waals surface area contributed by atoms with Crippen molar-refractivity contribution >= 4 is 6.08 Å². The van der Waals surface area contributed by atoms with E-state index in [1.54, 1.807) is 0 Å². The van der Waals surface area contributed by atoms with Crippen LogP contribution in [-0.2, 0) is 6.42 Å². The maximum atomic E-state index is 6.17. The van der Waals surface area contributed by atoms with E-state index in [-0.39, 0.29) is 0 Å². The SMILES string of the molecule is NC1=CC=C(C2=Cc3ccccc3CC2)C2C=CC=CC12. The third kappa shape index (κ3) is 2.09. The van der Waals surface area contributed by atoms with Crippen LogP contribution in [0.4, 0.5) is 0 Å². The second-order valence-electron chi connectivity index (χ2n) is 5.98. The van der Waals surface area contributed by atoms with Crippen molar-refractivity contribution in [3.63, 3.8) is 0 Å². The van der Waals surface area contributed by atoms with Gasteiger partial charge >= 0.3 is 0 Å². The first kappa shape index (κ1) is 12.5. The Hall–Kier alpha value is -2.28. The summed E-state index contributed by atoms with van der Waals surface area (Å²) in [6.07, 6.45) is 17.7. The number of benzene rings is 1. The second-order valence-corrected chi connectivity index (χ2v) is 5.98. The van der Waals surface area contributed by atoms with E-state index in [0.29, 0.717) is 11.8 Å². The van der Waals surface area contributed by atoms with E-state index in [0.717, 1.165) is 18.5 Å². The van der Waals surface area contributed by atoms with Crippen LogP contribution < -0.4 is 5.73 Å². The lowest BCUT2D eigenvalue weighted by Gasteiger charge is -2.32. The van der Waals surface area contributed by atoms with Crippen LogP contribution in [0.2, 0.25) is 0 Å². The summed E-state index contributed by atoms with van der Waals surface area (Å²) in [5.41, 5.74) is 12.9. The van der Waals surface area contributed by atoms with Crippen LogP contribution in [0.3, 0.4) is 0 Å². The van der Waals surface area contributed by atoms with Gasteiger partial charge in [-0.25, -0.2) is 0 Å². The van der Waals surface area contributed by atoms with Crippen LogP contribution in [0.1, 0.15) is 17.5 Å². The molecule has 1 nitrogen and oxygen atoms in total.